The van der Waals surface area contributed by atoms with Crippen LogP contribution in [0.2, 0.25) is 5.02 Å². The Morgan fingerprint density at radius 1 is 1.07 bits per heavy atom. The number of aromatic nitrogens is 4. The molecule has 1 aliphatic heterocycles. The van der Waals surface area contributed by atoms with Gasteiger partial charge in [-0.2, -0.15) is 9.78 Å². The average Bonchev–Trinajstić information content (AvgIpc) is 2.96. The molecular weight excluding hydrogens is 362 g/mol. The van der Waals surface area contributed by atoms with Crippen molar-refractivity contribution in [2.24, 2.45) is 0 Å². The molecule has 1 aromatic carbocycles. The number of rotatable bonds is 2. The Hall–Kier alpha value is -2.73. The van der Waals surface area contributed by atoms with E-state index in [2.05, 4.69) is 9.97 Å². The van der Waals surface area contributed by atoms with E-state index in [9.17, 15) is 4.79 Å². The van der Waals surface area contributed by atoms with E-state index < -0.39 is 0 Å². The van der Waals surface area contributed by atoms with Crippen molar-refractivity contribution in [1.82, 2.24) is 19.7 Å². The molecule has 1 aliphatic rings. The Kier molecular flexibility index (Phi) is 4.23. The van der Waals surface area contributed by atoms with Gasteiger partial charge in [-0.3, -0.25) is 9.69 Å². The van der Waals surface area contributed by atoms with Gasteiger partial charge < -0.3 is 0 Å². The highest BCUT2D eigenvalue weighted by atomic mass is 35.5. The van der Waals surface area contributed by atoms with Gasteiger partial charge in [0.1, 0.15) is 5.82 Å². The lowest BCUT2D eigenvalue weighted by Crippen LogP contribution is -2.35. The zero-order valence-corrected chi connectivity index (χ0v) is 16.4. The number of fused-ring (bicyclic) bond motifs is 1. The largest absolute Gasteiger partial charge is 0.299 e. The number of amides is 1. The molecule has 4 rings (SSSR count). The van der Waals surface area contributed by atoms with Crippen LogP contribution in [0.25, 0.3) is 5.95 Å². The second kappa shape index (κ2) is 6.46. The number of anilines is 1. The summed E-state index contributed by atoms with van der Waals surface area (Å²) in [7, 11) is 1.78. The molecule has 0 bridgehead atoms. The Bertz CT molecular complexity index is 1020. The quantitative estimate of drug-likeness (QED) is 0.678. The Labute approximate surface area is 162 Å². The fourth-order valence-corrected chi connectivity index (χ4v) is 3.84. The van der Waals surface area contributed by atoms with Crippen molar-refractivity contribution in [3.63, 3.8) is 0 Å². The van der Waals surface area contributed by atoms with Crippen molar-refractivity contribution < 1.29 is 4.79 Å². The molecule has 0 radical (unpaired) electrons. The monoisotopic (exact) mass is 381 g/mol. The van der Waals surface area contributed by atoms with Crippen LogP contribution in [0.15, 0.2) is 30.3 Å². The lowest BCUT2D eigenvalue weighted by atomic mass is 9.85. The molecule has 0 fully saturated rings. The van der Waals surface area contributed by atoms with Crippen molar-refractivity contribution in [2.45, 2.75) is 33.1 Å². The lowest BCUT2D eigenvalue weighted by molar-refractivity contribution is -0.118. The van der Waals surface area contributed by atoms with Gasteiger partial charge in [-0.25, -0.2) is 9.97 Å². The van der Waals surface area contributed by atoms with Crippen LogP contribution >= 0.6 is 11.6 Å². The van der Waals surface area contributed by atoms with E-state index in [1.54, 1.807) is 16.6 Å². The highest BCUT2D eigenvalue weighted by Crippen LogP contribution is 2.42. The fraction of sp³-hybridized carbons (Fsp3) is 0.300. The highest BCUT2D eigenvalue weighted by Gasteiger charge is 2.36. The van der Waals surface area contributed by atoms with E-state index in [1.807, 2.05) is 51.1 Å². The summed E-state index contributed by atoms with van der Waals surface area (Å²) < 4.78 is 1.69. The number of carbonyl (C=O) groups excluding carboxylic acids is 1. The van der Waals surface area contributed by atoms with Crippen molar-refractivity contribution in [3.05, 3.63) is 63.6 Å². The predicted octanol–water partition coefficient (Wildman–Crippen LogP) is 3.74. The van der Waals surface area contributed by atoms with Crippen LogP contribution < -0.4 is 4.90 Å². The second-order valence-corrected chi connectivity index (χ2v) is 7.38. The first kappa shape index (κ1) is 17.7. The first-order valence-corrected chi connectivity index (χ1v) is 9.17. The number of halogens is 1. The minimum Gasteiger partial charge on any atom is -0.299 e. The molecule has 3 heterocycles. The molecule has 3 aromatic rings. The van der Waals surface area contributed by atoms with Gasteiger partial charge in [0.25, 0.3) is 5.95 Å². The maximum atomic E-state index is 12.8. The van der Waals surface area contributed by atoms with Gasteiger partial charge in [0.2, 0.25) is 5.91 Å². The number of hydrogen-bond acceptors (Lipinski definition) is 4. The van der Waals surface area contributed by atoms with Crippen LogP contribution in [0.1, 0.15) is 40.5 Å². The first-order chi connectivity index (χ1) is 12.8. The molecule has 0 saturated heterocycles. The van der Waals surface area contributed by atoms with E-state index in [0.717, 1.165) is 34.0 Å². The summed E-state index contributed by atoms with van der Waals surface area (Å²) in [5.74, 6) is 1.18. The van der Waals surface area contributed by atoms with Gasteiger partial charge in [0, 0.05) is 41.4 Å². The number of carbonyl (C=O) groups is 1. The van der Waals surface area contributed by atoms with E-state index in [1.165, 1.54) is 0 Å². The van der Waals surface area contributed by atoms with E-state index >= 15 is 0 Å². The van der Waals surface area contributed by atoms with Gasteiger partial charge in [0.15, 0.2) is 0 Å². The minimum atomic E-state index is -0.0689. The SMILES string of the molecule is Cc1cc(C)nc(-n2nc(C)c3c2N(C)C(=O)C[C@H]3c2ccc(Cl)cc2)n1. The third-order valence-corrected chi connectivity index (χ3v) is 5.18. The molecule has 0 aliphatic carbocycles. The summed E-state index contributed by atoms with van der Waals surface area (Å²) in [5, 5.41) is 5.37. The van der Waals surface area contributed by atoms with E-state index in [4.69, 9.17) is 16.7 Å². The molecule has 1 atom stereocenters. The number of nitrogens with zero attached hydrogens (tertiary/aromatic N) is 5. The van der Waals surface area contributed by atoms with Crippen LogP contribution in [0.4, 0.5) is 5.82 Å². The lowest BCUT2D eigenvalue weighted by Gasteiger charge is -2.30. The van der Waals surface area contributed by atoms with Crippen LogP contribution in [-0.2, 0) is 4.79 Å². The third-order valence-electron chi connectivity index (χ3n) is 4.93. The number of hydrogen-bond donors (Lipinski definition) is 0. The zero-order valence-electron chi connectivity index (χ0n) is 15.7. The summed E-state index contributed by atoms with van der Waals surface area (Å²) in [5.41, 5.74) is 4.66. The molecular formula is C20H20ClN5O. The minimum absolute atomic E-state index is 0.0352. The van der Waals surface area contributed by atoms with Gasteiger partial charge in [-0.1, -0.05) is 23.7 Å². The third kappa shape index (κ3) is 3.00. The molecule has 0 spiro atoms. The summed E-state index contributed by atoms with van der Waals surface area (Å²) in [4.78, 5) is 23.5. The van der Waals surface area contributed by atoms with Crippen LogP contribution in [0.5, 0.6) is 0 Å². The van der Waals surface area contributed by atoms with Crippen LogP contribution in [0, 0.1) is 20.8 Å². The van der Waals surface area contributed by atoms with E-state index in [-0.39, 0.29) is 11.8 Å². The number of aryl methyl sites for hydroxylation is 3. The molecule has 0 saturated carbocycles. The average molecular weight is 382 g/mol. The molecule has 0 unspecified atom stereocenters. The van der Waals surface area contributed by atoms with Crippen LogP contribution in [0.3, 0.4) is 0 Å². The fourth-order valence-electron chi connectivity index (χ4n) is 3.71. The second-order valence-electron chi connectivity index (χ2n) is 6.95. The van der Waals surface area contributed by atoms with Crippen molar-refractivity contribution >= 4 is 23.3 Å². The molecule has 2 aromatic heterocycles. The Morgan fingerprint density at radius 3 is 2.33 bits per heavy atom. The highest BCUT2D eigenvalue weighted by molar-refractivity contribution is 6.30. The van der Waals surface area contributed by atoms with Gasteiger partial charge in [0.05, 0.1) is 5.69 Å². The molecule has 6 nitrogen and oxygen atoms in total. The molecule has 0 N–H and O–H groups in total. The summed E-state index contributed by atoms with van der Waals surface area (Å²) in [6.45, 7) is 5.81. The zero-order chi connectivity index (χ0) is 19.3. The summed E-state index contributed by atoms with van der Waals surface area (Å²) in [6.07, 6.45) is 0.394. The van der Waals surface area contributed by atoms with Crippen molar-refractivity contribution in [2.75, 3.05) is 11.9 Å². The van der Waals surface area contributed by atoms with Crippen LogP contribution in [-0.4, -0.2) is 32.7 Å². The molecule has 7 heteroatoms. The molecule has 1 amide bonds. The molecule has 138 valence electrons. The van der Waals surface area contributed by atoms with Crippen molar-refractivity contribution in [1.29, 1.82) is 0 Å². The Morgan fingerprint density at radius 2 is 1.70 bits per heavy atom. The number of benzene rings is 1. The smallest absolute Gasteiger partial charge is 0.252 e. The van der Waals surface area contributed by atoms with Gasteiger partial charge in [-0.15, -0.1) is 0 Å². The van der Waals surface area contributed by atoms with Gasteiger partial charge in [-0.05, 0) is 44.5 Å². The van der Waals surface area contributed by atoms with Crippen molar-refractivity contribution in [3.8, 4) is 5.95 Å². The summed E-state index contributed by atoms with van der Waals surface area (Å²) >= 11 is 6.04. The molecule has 27 heavy (non-hydrogen) atoms. The maximum Gasteiger partial charge on any atom is 0.252 e. The maximum absolute atomic E-state index is 12.8. The Balaban J connectivity index is 1.93. The standard InChI is InChI=1S/C20H20ClN5O/c1-11-9-12(2)23-20(22-11)26-19-18(13(3)24-26)16(10-17(27)25(19)4)14-5-7-15(21)8-6-14/h5-9,16H,10H2,1-4H3/t16-/m0/s1. The predicted molar refractivity (Wildman–Crippen MR) is 105 cm³/mol. The van der Waals surface area contributed by atoms with E-state index in [0.29, 0.717) is 17.4 Å². The van der Waals surface area contributed by atoms with Gasteiger partial charge >= 0.3 is 0 Å². The first-order valence-electron chi connectivity index (χ1n) is 8.79. The topological polar surface area (TPSA) is 63.9 Å². The summed E-state index contributed by atoms with van der Waals surface area (Å²) in [6, 6.07) is 9.56. The normalized spacial score (nSPS) is 16.6.